The lowest BCUT2D eigenvalue weighted by molar-refractivity contribution is -0.133. The van der Waals surface area contributed by atoms with Crippen molar-refractivity contribution in [2.45, 2.75) is 32.4 Å². The molecule has 1 aliphatic heterocycles. The number of amides is 2. The molecule has 4 nitrogen and oxygen atoms in total. The molecule has 2 unspecified atom stereocenters. The van der Waals surface area contributed by atoms with E-state index < -0.39 is 12.1 Å². The number of hydrogen-bond acceptors (Lipinski definition) is 2. The number of nitrogens with one attached hydrogen (secondary N) is 1. The summed E-state index contributed by atoms with van der Waals surface area (Å²) in [6.45, 7) is 3.62. The zero-order valence-corrected chi connectivity index (χ0v) is 11.9. The summed E-state index contributed by atoms with van der Waals surface area (Å²) in [5.74, 6) is -0.172. The van der Waals surface area contributed by atoms with Crippen molar-refractivity contribution < 1.29 is 9.59 Å². The van der Waals surface area contributed by atoms with E-state index in [0.29, 0.717) is 6.42 Å². The molecule has 1 fully saturated rings. The molecule has 0 bridgehead atoms. The third kappa shape index (κ3) is 2.14. The number of para-hydroxylation sites is 1. The van der Waals surface area contributed by atoms with Crippen molar-refractivity contribution in [2.75, 3.05) is 4.90 Å². The Morgan fingerprint density at radius 2 is 2.00 bits per heavy atom. The second kappa shape index (κ2) is 5.10. The van der Waals surface area contributed by atoms with Crippen molar-refractivity contribution in [2.24, 2.45) is 0 Å². The molecule has 1 aliphatic rings. The van der Waals surface area contributed by atoms with Crippen LogP contribution in [0.25, 0.3) is 0 Å². The highest BCUT2D eigenvalue weighted by Crippen LogP contribution is 2.29. The molecule has 1 aromatic carbocycles. The van der Waals surface area contributed by atoms with Gasteiger partial charge in [-0.15, -0.1) is 0 Å². The topological polar surface area (TPSA) is 49.4 Å². The van der Waals surface area contributed by atoms with Crippen molar-refractivity contribution in [3.05, 3.63) is 28.7 Å². The fourth-order valence-corrected chi connectivity index (χ4v) is 2.56. The van der Waals surface area contributed by atoms with Gasteiger partial charge < -0.3 is 5.32 Å². The quantitative estimate of drug-likeness (QED) is 0.909. The Labute approximate surface area is 114 Å². The summed E-state index contributed by atoms with van der Waals surface area (Å²) in [6, 6.07) is 6.52. The maximum absolute atomic E-state index is 12.4. The first-order chi connectivity index (χ1) is 8.56. The van der Waals surface area contributed by atoms with Gasteiger partial charge in [0.05, 0.1) is 5.69 Å². The maximum atomic E-state index is 12.4. The Morgan fingerprint density at radius 3 is 2.61 bits per heavy atom. The second-order valence-corrected chi connectivity index (χ2v) is 5.16. The van der Waals surface area contributed by atoms with Crippen molar-refractivity contribution in [1.29, 1.82) is 0 Å². The van der Waals surface area contributed by atoms with Gasteiger partial charge in [0, 0.05) is 4.47 Å². The van der Waals surface area contributed by atoms with Crippen molar-refractivity contribution in [3.8, 4) is 0 Å². The normalized spacial score (nSPS) is 24.1. The van der Waals surface area contributed by atoms with E-state index in [2.05, 4.69) is 21.2 Å². The lowest BCUT2D eigenvalue weighted by atomic mass is 10.1. The van der Waals surface area contributed by atoms with Gasteiger partial charge in [-0.1, -0.05) is 19.1 Å². The molecule has 96 valence electrons. The minimum absolute atomic E-state index is 0.0588. The Bertz CT molecular complexity index is 490. The van der Waals surface area contributed by atoms with Gasteiger partial charge >= 0.3 is 0 Å². The first-order valence-corrected chi connectivity index (χ1v) is 6.73. The number of hydrogen-bond donors (Lipinski definition) is 1. The van der Waals surface area contributed by atoms with Crippen LogP contribution in [0.5, 0.6) is 0 Å². The summed E-state index contributed by atoms with van der Waals surface area (Å²) < 4.78 is 0.815. The smallest absolute Gasteiger partial charge is 0.250 e. The SMILES string of the molecule is CCC1NC(=O)C(C)N(c2ccccc2Br)C1=O. The molecule has 5 heteroatoms. The number of carbonyl (C=O) groups excluding carboxylic acids is 2. The number of piperazine rings is 1. The molecule has 0 aromatic heterocycles. The van der Waals surface area contributed by atoms with Gasteiger partial charge in [0.1, 0.15) is 12.1 Å². The molecule has 0 aliphatic carbocycles. The highest BCUT2D eigenvalue weighted by molar-refractivity contribution is 9.10. The van der Waals surface area contributed by atoms with E-state index in [1.807, 2.05) is 31.2 Å². The molecular formula is C13H15BrN2O2. The lowest BCUT2D eigenvalue weighted by Gasteiger charge is -2.37. The third-order valence-corrected chi connectivity index (χ3v) is 3.81. The van der Waals surface area contributed by atoms with Crippen LogP contribution in [0.4, 0.5) is 5.69 Å². The fourth-order valence-electron chi connectivity index (χ4n) is 2.08. The number of halogens is 1. The number of rotatable bonds is 2. The molecular weight excluding hydrogens is 296 g/mol. The van der Waals surface area contributed by atoms with Crippen LogP contribution in [0.2, 0.25) is 0 Å². The van der Waals surface area contributed by atoms with E-state index in [1.54, 1.807) is 11.8 Å². The molecule has 2 amide bonds. The summed E-state index contributed by atoms with van der Waals surface area (Å²) >= 11 is 3.42. The van der Waals surface area contributed by atoms with Gasteiger partial charge in [-0.25, -0.2) is 0 Å². The summed E-state index contributed by atoms with van der Waals surface area (Å²) in [4.78, 5) is 25.8. The molecule has 0 spiro atoms. The molecule has 18 heavy (non-hydrogen) atoms. The first kappa shape index (κ1) is 13.1. The first-order valence-electron chi connectivity index (χ1n) is 5.94. The minimum Gasteiger partial charge on any atom is -0.343 e. The Morgan fingerprint density at radius 1 is 1.33 bits per heavy atom. The third-order valence-electron chi connectivity index (χ3n) is 3.14. The van der Waals surface area contributed by atoms with E-state index in [0.717, 1.165) is 10.2 Å². The van der Waals surface area contributed by atoms with Crippen LogP contribution in [0.1, 0.15) is 20.3 Å². The summed E-state index contributed by atoms with van der Waals surface area (Å²) in [6.07, 6.45) is 0.595. The second-order valence-electron chi connectivity index (χ2n) is 4.31. The molecule has 0 radical (unpaired) electrons. The highest BCUT2D eigenvalue weighted by atomic mass is 79.9. The number of nitrogens with zero attached hydrogens (tertiary/aromatic N) is 1. The Balaban J connectivity index is 2.43. The van der Waals surface area contributed by atoms with Crippen LogP contribution in [0, 0.1) is 0 Å². The molecule has 1 saturated heterocycles. The molecule has 1 heterocycles. The Kier molecular flexibility index (Phi) is 3.71. The molecule has 2 atom stereocenters. The summed E-state index contributed by atoms with van der Waals surface area (Å²) in [5.41, 5.74) is 0.739. The average Bonchev–Trinajstić information content (AvgIpc) is 2.36. The molecule has 1 aromatic rings. The van der Waals surface area contributed by atoms with Crippen LogP contribution in [0.15, 0.2) is 28.7 Å². The monoisotopic (exact) mass is 310 g/mol. The van der Waals surface area contributed by atoms with E-state index >= 15 is 0 Å². The fraction of sp³-hybridized carbons (Fsp3) is 0.385. The molecule has 1 N–H and O–H groups in total. The summed E-state index contributed by atoms with van der Waals surface area (Å²) in [5, 5.41) is 2.74. The predicted octanol–water partition coefficient (Wildman–Crippen LogP) is 2.08. The zero-order valence-electron chi connectivity index (χ0n) is 10.3. The molecule has 2 rings (SSSR count). The largest absolute Gasteiger partial charge is 0.343 e. The minimum atomic E-state index is -0.487. The van der Waals surface area contributed by atoms with Crippen LogP contribution in [-0.4, -0.2) is 23.9 Å². The average molecular weight is 311 g/mol. The maximum Gasteiger partial charge on any atom is 0.250 e. The van der Waals surface area contributed by atoms with Crippen molar-refractivity contribution >= 4 is 33.4 Å². The standard InChI is InChI=1S/C13H15BrN2O2/c1-3-10-13(18)16(8(2)12(17)15-10)11-7-5-4-6-9(11)14/h4-8,10H,3H2,1-2H3,(H,15,17). The van der Waals surface area contributed by atoms with Gasteiger partial charge in [-0.2, -0.15) is 0 Å². The van der Waals surface area contributed by atoms with E-state index in [4.69, 9.17) is 0 Å². The van der Waals surface area contributed by atoms with Gasteiger partial charge in [-0.3, -0.25) is 14.5 Å². The molecule has 0 saturated carbocycles. The number of benzene rings is 1. The van der Waals surface area contributed by atoms with Crippen LogP contribution >= 0.6 is 15.9 Å². The highest BCUT2D eigenvalue weighted by Gasteiger charge is 2.38. The zero-order chi connectivity index (χ0) is 13.3. The van der Waals surface area contributed by atoms with E-state index in [9.17, 15) is 9.59 Å². The van der Waals surface area contributed by atoms with E-state index in [1.165, 1.54) is 0 Å². The predicted molar refractivity (Wildman–Crippen MR) is 73.3 cm³/mol. The lowest BCUT2D eigenvalue weighted by Crippen LogP contribution is -2.62. The van der Waals surface area contributed by atoms with E-state index in [-0.39, 0.29) is 11.8 Å². The van der Waals surface area contributed by atoms with Crippen LogP contribution in [-0.2, 0) is 9.59 Å². The van der Waals surface area contributed by atoms with Gasteiger partial charge in [0.25, 0.3) is 0 Å². The van der Waals surface area contributed by atoms with Crippen LogP contribution < -0.4 is 10.2 Å². The van der Waals surface area contributed by atoms with Gasteiger partial charge in [-0.05, 0) is 41.4 Å². The van der Waals surface area contributed by atoms with Gasteiger partial charge in [0.2, 0.25) is 11.8 Å². The summed E-state index contributed by atoms with van der Waals surface area (Å²) in [7, 11) is 0. The van der Waals surface area contributed by atoms with Gasteiger partial charge in [0.15, 0.2) is 0 Å². The van der Waals surface area contributed by atoms with Crippen molar-refractivity contribution in [3.63, 3.8) is 0 Å². The van der Waals surface area contributed by atoms with Crippen molar-refractivity contribution in [1.82, 2.24) is 5.32 Å². The van der Waals surface area contributed by atoms with Crippen LogP contribution in [0.3, 0.4) is 0 Å². The number of carbonyl (C=O) groups is 2. The number of anilines is 1. The Hall–Kier alpha value is -1.36.